The van der Waals surface area contributed by atoms with Gasteiger partial charge in [0.1, 0.15) is 11.9 Å². The van der Waals surface area contributed by atoms with E-state index in [-0.39, 0.29) is 5.82 Å². The maximum absolute atomic E-state index is 14.0. The Hall–Kier alpha value is -2.66. The third-order valence-electron chi connectivity index (χ3n) is 5.78. The van der Waals surface area contributed by atoms with E-state index >= 15 is 0 Å². The fourth-order valence-electron chi connectivity index (χ4n) is 4.42. The number of aromatic nitrogens is 1. The minimum Gasteiger partial charge on any atom is -0.480 e. The van der Waals surface area contributed by atoms with Crippen LogP contribution in [0.1, 0.15) is 42.6 Å². The van der Waals surface area contributed by atoms with Crippen LogP contribution in [0.5, 0.6) is 0 Å². The minimum absolute atomic E-state index is 0.282. The summed E-state index contributed by atoms with van der Waals surface area (Å²) in [5, 5.41) is 14.2. The second kappa shape index (κ2) is 7.76. The van der Waals surface area contributed by atoms with Gasteiger partial charge in [-0.1, -0.05) is 37.3 Å². The normalized spacial score (nSPS) is 17.4. The number of hydrogen-bond donors (Lipinski definition) is 2. The number of carboxylic acid groups (broad SMARTS) is 1. The first kappa shape index (κ1) is 18.7. The molecule has 0 saturated heterocycles. The first-order valence-electron chi connectivity index (χ1n) is 9.89. The van der Waals surface area contributed by atoms with Crippen molar-refractivity contribution >= 4 is 16.9 Å². The van der Waals surface area contributed by atoms with Crippen molar-refractivity contribution in [3.63, 3.8) is 0 Å². The van der Waals surface area contributed by atoms with Crippen molar-refractivity contribution in [3.05, 3.63) is 71.2 Å². The number of hydrogen-bond acceptors (Lipinski definition) is 2. The van der Waals surface area contributed by atoms with Crippen LogP contribution in [0.2, 0.25) is 0 Å². The van der Waals surface area contributed by atoms with Crippen LogP contribution in [-0.2, 0) is 24.2 Å². The Kier molecular flexibility index (Phi) is 5.18. The highest BCUT2D eigenvalue weighted by Gasteiger charge is 2.30. The summed E-state index contributed by atoms with van der Waals surface area (Å²) < 4.78 is 15.9. The highest BCUT2D eigenvalue weighted by Crippen LogP contribution is 2.36. The quantitative estimate of drug-likeness (QED) is 0.664. The molecular formula is C23H25FN2O2. The molecule has 0 saturated carbocycles. The molecule has 1 aliphatic carbocycles. The summed E-state index contributed by atoms with van der Waals surface area (Å²) in [7, 11) is 0. The Bertz CT molecular complexity index is 997. The second-order valence-corrected chi connectivity index (χ2v) is 7.53. The molecular weight excluding hydrogens is 355 g/mol. The summed E-state index contributed by atoms with van der Waals surface area (Å²) in [5.41, 5.74) is 4.20. The molecule has 0 fully saturated rings. The Morgan fingerprint density at radius 1 is 1.29 bits per heavy atom. The van der Waals surface area contributed by atoms with Crippen molar-refractivity contribution < 1.29 is 14.3 Å². The maximum atomic E-state index is 14.0. The third-order valence-corrected chi connectivity index (χ3v) is 5.78. The standard InChI is InChI=1S/C23H25FN2O2/c1-2-20(23(27)28)26-21-10-8-16(24)12-18(21)19-13-17(9-11-22(19)26)25-14-15-6-4-3-5-7-15/h3-8,10,12,17,20,25H,2,9,11,13-14H2,1H3,(H,27,28)/t17-,20?/m0/s1. The molecule has 4 rings (SSSR count). The van der Waals surface area contributed by atoms with Crippen LogP contribution < -0.4 is 5.32 Å². The van der Waals surface area contributed by atoms with E-state index in [0.29, 0.717) is 12.5 Å². The molecule has 2 N–H and O–H groups in total. The van der Waals surface area contributed by atoms with Crippen molar-refractivity contribution in [2.24, 2.45) is 0 Å². The van der Waals surface area contributed by atoms with Crippen LogP contribution in [-0.4, -0.2) is 21.7 Å². The van der Waals surface area contributed by atoms with Gasteiger partial charge in [-0.05, 0) is 55.0 Å². The molecule has 1 aromatic heterocycles. The fourth-order valence-corrected chi connectivity index (χ4v) is 4.42. The van der Waals surface area contributed by atoms with Gasteiger partial charge in [0.05, 0.1) is 0 Å². The molecule has 1 heterocycles. The number of aliphatic carboxylic acids is 1. The number of rotatable bonds is 6. The van der Waals surface area contributed by atoms with Crippen molar-refractivity contribution in [2.45, 2.75) is 51.2 Å². The summed E-state index contributed by atoms with van der Waals surface area (Å²) in [6.45, 7) is 2.67. The lowest BCUT2D eigenvalue weighted by atomic mass is 9.91. The van der Waals surface area contributed by atoms with Crippen molar-refractivity contribution in [3.8, 4) is 0 Å². The summed E-state index contributed by atoms with van der Waals surface area (Å²) in [6.07, 6.45) is 3.01. The zero-order valence-electron chi connectivity index (χ0n) is 16.0. The molecule has 2 aromatic carbocycles. The van der Waals surface area contributed by atoms with Gasteiger partial charge in [-0.2, -0.15) is 0 Å². The molecule has 0 bridgehead atoms. The molecule has 0 radical (unpaired) electrons. The number of benzene rings is 2. The average Bonchev–Trinajstić information content (AvgIpc) is 3.01. The fraction of sp³-hybridized carbons (Fsp3) is 0.348. The maximum Gasteiger partial charge on any atom is 0.326 e. The first-order valence-corrected chi connectivity index (χ1v) is 9.89. The highest BCUT2D eigenvalue weighted by atomic mass is 19.1. The van der Waals surface area contributed by atoms with E-state index in [9.17, 15) is 14.3 Å². The predicted molar refractivity (Wildman–Crippen MR) is 108 cm³/mol. The number of carbonyl (C=O) groups is 1. The smallest absolute Gasteiger partial charge is 0.326 e. The molecule has 4 nitrogen and oxygen atoms in total. The van der Waals surface area contributed by atoms with Crippen LogP contribution in [0.15, 0.2) is 48.5 Å². The number of nitrogens with one attached hydrogen (secondary N) is 1. The van der Waals surface area contributed by atoms with E-state index in [1.165, 1.54) is 11.6 Å². The molecule has 1 aliphatic rings. The predicted octanol–water partition coefficient (Wildman–Crippen LogP) is 4.46. The van der Waals surface area contributed by atoms with Gasteiger partial charge in [0.25, 0.3) is 0 Å². The van der Waals surface area contributed by atoms with Gasteiger partial charge in [-0.25, -0.2) is 9.18 Å². The first-order chi connectivity index (χ1) is 13.6. The SMILES string of the molecule is CCC(C(=O)O)n1c2c(c3cc(F)ccc31)C[C@@H](NCc1ccccc1)CC2. The molecule has 0 spiro atoms. The van der Waals surface area contributed by atoms with Crippen molar-refractivity contribution in [1.82, 2.24) is 9.88 Å². The Labute approximate surface area is 164 Å². The van der Waals surface area contributed by atoms with Gasteiger partial charge in [0, 0.05) is 29.2 Å². The molecule has 0 amide bonds. The number of nitrogens with zero attached hydrogens (tertiary/aromatic N) is 1. The Morgan fingerprint density at radius 3 is 2.79 bits per heavy atom. The van der Waals surface area contributed by atoms with E-state index in [2.05, 4.69) is 17.4 Å². The third kappa shape index (κ3) is 3.42. The number of carboxylic acids is 1. The van der Waals surface area contributed by atoms with Crippen LogP contribution in [0.25, 0.3) is 10.9 Å². The topological polar surface area (TPSA) is 54.3 Å². The van der Waals surface area contributed by atoms with Crippen LogP contribution >= 0.6 is 0 Å². The minimum atomic E-state index is -0.837. The molecule has 5 heteroatoms. The monoisotopic (exact) mass is 380 g/mol. The molecule has 1 unspecified atom stereocenters. The lowest BCUT2D eigenvalue weighted by Crippen LogP contribution is -2.34. The van der Waals surface area contributed by atoms with Gasteiger partial charge in [-0.3, -0.25) is 0 Å². The summed E-state index contributed by atoms with van der Waals surface area (Å²) in [6, 6.07) is 14.6. The molecule has 146 valence electrons. The number of halogens is 1. The Morgan fingerprint density at radius 2 is 2.07 bits per heavy atom. The molecule has 28 heavy (non-hydrogen) atoms. The zero-order chi connectivity index (χ0) is 19.7. The van der Waals surface area contributed by atoms with Gasteiger partial charge in [-0.15, -0.1) is 0 Å². The van der Waals surface area contributed by atoms with E-state index < -0.39 is 12.0 Å². The van der Waals surface area contributed by atoms with E-state index in [1.54, 1.807) is 12.1 Å². The summed E-state index contributed by atoms with van der Waals surface area (Å²) >= 11 is 0. The summed E-state index contributed by atoms with van der Waals surface area (Å²) in [5.74, 6) is -1.12. The molecule has 3 aromatic rings. The molecule has 0 aliphatic heterocycles. The lowest BCUT2D eigenvalue weighted by molar-refractivity contribution is -0.140. The van der Waals surface area contributed by atoms with Gasteiger partial charge in [0.15, 0.2) is 0 Å². The molecule has 2 atom stereocenters. The van der Waals surface area contributed by atoms with Crippen molar-refractivity contribution in [1.29, 1.82) is 0 Å². The van der Waals surface area contributed by atoms with Gasteiger partial charge < -0.3 is 15.0 Å². The van der Waals surface area contributed by atoms with Crippen LogP contribution in [0.4, 0.5) is 4.39 Å². The largest absolute Gasteiger partial charge is 0.480 e. The summed E-state index contributed by atoms with van der Waals surface area (Å²) in [4.78, 5) is 11.8. The van der Waals surface area contributed by atoms with Crippen LogP contribution in [0.3, 0.4) is 0 Å². The Balaban J connectivity index is 1.68. The highest BCUT2D eigenvalue weighted by molar-refractivity contribution is 5.88. The van der Waals surface area contributed by atoms with E-state index in [1.807, 2.05) is 29.7 Å². The second-order valence-electron chi connectivity index (χ2n) is 7.53. The average molecular weight is 380 g/mol. The van der Waals surface area contributed by atoms with Gasteiger partial charge >= 0.3 is 5.97 Å². The van der Waals surface area contributed by atoms with Crippen molar-refractivity contribution in [2.75, 3.05) is 0 Å². The van der Waals surface area contributed by atoms with E-state index in [4.69, 9.17) is 0 Å². The van der Waals surface area contributed by atoms with Gasteiger partial charge in [0.2, 0.25) is 0 Å². The van der Waals surface area contributed by atoms with E-state index in [0.717, 1.165) is 48.0 Å². The number of fused-ring (bicyclic) bond motifs is 3. The van der Waals surface area contributed by atoms with Crippen LogP contribution in [0, 0.1) is 5.82 Å². The lowest BCUT2D eigenvalue weighted by Gasteiger charge is -2.26. The zero-order valence-corrected chi connectivity index (χ0v) is 16.0.